The van der Waals surface area contributed by atoms with E-state index in [2.05, 4.69) is 24.9 Å². The molecule has 0 fully saturated rings. The van der Waals surface area contributed by atoms with Gasteiger partial charge in [-0.15, -0.1) is 0 Å². The van der Waals surface area contributed by atoms with Crippen LogP contribution in [0.4, 0.5) is 0 Å². The fraction of sp³-hybridized carbons (Fsp3) is 0.185. The smallest absolute Gasteiger partial charge is 0.211 e. The van der Waals surface area contributed by atoms with Crippen molar-refractivity contribution >= 4 is 27.5 Å². The van der Waals surface area contributed by atoms with Gasteiger partial charge in [0.15, 0.2) is 5.82 Å². The zero-order valence-corrected chi connectivity index (χ0v) is 21.4. The van der Waals surface area contributed by atoms with E-state index >= 15 is 0 Å². The zero-order chi connectivity index (χ0) is 26.0. The minimum Gasteiger partial charge on any atom is -0.396 e. The summed E-state index contributed by atoms with van der Waals surface area (Å²) in [6.45, 7) is 2.95. The van der Waals surface area contributed by atoms with Crippen molar-refractivity contribution in [3.63, 3.8) is 0 Å². The first kappa shape index (κ1) is 24.5. The van der Waals surface area contributed by atoms with Crippen LogP contribution in [0.5, 0.6) is 0 Å². The van der Waals surface area contributed by atoms with Crippen LogP contribution in [-0.2, 0) is 29.7 Å². The largest absolute Gasteiger partial charge is 0.396 e. The summed E-state index contributed by atoms with van der Waals surface area (Å²) in [7, 11) is -3.29. The first-order chi connectivity index (χ1) is 17.8. The van der Waals surface area contributed by atoms with Crippen molar-refractivity contribution in [1.82, 2.24) is 24.2 Å². The number of hydrogen-bond acceptors (Lipinski definition) is 7. The molecular weight excluding hydrogens is 486 g/mol. The number of benzene rings is 1. The monoisotopic (exact) mass is 513 g/mol. The first-order valence-electron chi connectivity index (χ1n) is 11.7. The Morgan fingerprint density at radius 1 is 1.11 bits per heavy atom. The van der Waals surface area contributed by atoms with Gasteiger partial charge in [-0.1, -0.05) is 36.4 Å². The number of sulfonamides is 1. The molecule has 0 amide bonds. The molecule has 4 aromatic rings. The molecule has 10 heteroatoms. The Morgan fingerprint density at radius 2 is 1.92 bits per heavy atom. The molecule has 37 heavy (non-hydrogen) atoms. The Morgan fingerprint density at radius 3 is 2.65 bits per heavy atom. The van der Waals surface area contributed by atoms with Gasteiger partial charge in [0, 0.05) is 23.7 Å². The molecule has 1 aliphatic rings. The van der Waals surface area contributed by atoms with Crippen LogP contribution in [0.1, 0.15) is 33.9 Å². The number of hydrogen-bond donors (Lipinski definition) is 2. The summed E-state index contributed by atoms with van der Waals surface area (Å²) in [5.74, 6) is 0.577. The molecule has 4 heterocycles. The highest BCUT2D eigenvalue weighted by Crippen LogP contribution is 2.28. The maximum atomic E-state index is 11.9. The quantitative estimate of drug-likeness (QED) is 0.364. The summed E-state index contributed by atoms with van der Waals surface area (Å²) in [6.07, 6.45) is 4.67. The fourth-order valence-electron chi connectivity index (χ4n) is 4.15. The van der Waals surface area contributed by atoms with Crippen LogP contribution in [0.3, 0.4) is 0 Å². The van der Waals surface area contributed by atoms with Gasteiger partial charge < -0.3 is 10.7 Å². The van der Waals surface area contributed by atoms with Gasteiger partial charge in [0.2, 0.25) is 10.0 Å². The standard InChI is InChI=1S/C27H27N7O2S/c1-18-7-6-10-22(31-18)26(28)21(15-29-14-19-8-4-3-5-9-19)20-11-12-30-23(13-20)27-32-24-16-34(37(2,35)36)17-25(24)33-27/h3-13,15H,14,16-17,28H2,1-2H3,(H,32,33)/b26-21+,29-15?. The molecule has 0 unspecified atom stereocenters. The summed E-state index contributed by atoms with van der Waals surface area (Å²) >= 11 is 0. The van der Waals surface area contributed by atoms with Crippen LogP contribution in [-0.4, -0.2) is 45.1 Å². The number of aryl methyl sites for hydroxylation is 1. The Hall–Kier alpha value is -4.15. The third-order valence-electron chi connectivity index (χ3n) is 6.10. The second-order valence-corrected chi connectivity index (χ2v) is 10.9. The van der Waals surface area contributed by atoms with Crippen molar-refractivity contribution in [2.45, 2.75) is 26.6 Å². The minimum atomic E-state index is -3.29. The molecule has 0 saturated heterocycles. The molecule has 0 radical (unpaired) electrons. The molecule has 0 spiro atoms. The highest BCUT2D eigenvalue weighted by Gasteiger charge is 2.29. The normalized spacial score (nSPS) is 14.6. The number of aliphatic imine (C=N–C) groups is 1. The third-order valence-corrected chi connectivity index (χ3v) is 7.30. The van der Waals surface area contributed by atoms with E-state index in [4.69, 9.17) is 5.73 Å². The van der Waals surface area contributed by atoms with Gasteiger partial charge in [0.1, 0.15) is 5.69 Å². The molecular formula is C27H27N7O2S. The van der Waals surface area contributed by atoms with E-state index in [-0.39, 0.29) is 13.1 Å². The number of aromatic nitrogens is 4. The highest BCUT2D eigenvalue weighted by atomic mass is 32.2. The van der Waals surface area contributed by atoms with E-state index in [0.29, 0.717) is 35.1 Å². The molecule has 0 saturated carbocycles. The second kappa shape index (κ2) is 10.1. The van der Waals surface area contributed by atoms with E-state index in [1.165, 1.54) is 10.6 Å². The lowest BCUT2D eigenvalue weighted by Crippen LogP contribution is -2.24. The Bertz CT molecular complexity index is 1590. The number of rotatable bonds is 7. The molecule has 1 aliphatic heterocycles. The average molecular weight is 514 g/mol. The van der Waals surface area contributed by atoms with Crippen LogP contribution < -0.4 is 5.73 Å². The number of allylic oxidation sites excluding steroid dienone is 1. The van der Waals surface area contributed by atoms with Crippen molar-refractivity contribution in [1.29, 1.82) is 0 Å². The number of nitrogens with two attached hydrogens (primary N) is 1. The lowest BCUT2D eigenvalue weighted by molar-refractivity contribution is 0.431. The molecule has 0 aliphatic carbocycles. The summed E-state index contributed by atoms with van der Waals surface area (Å²) in [5, 5.41) is 0. The van der Waals surface area contributed by atoms with E-state index in [1.54, 1.807) is 12.4 Å². The molecule has 188 valence electrons. The van der Waals surface area contributed by atoms with Crippen molar-refractivity contribution in [2.24, 2.45) is 10.7 Å². The van der Waals surface area contributed by atoms with E-state index in [1.807, 2.05) is 67.6 Å². The van der Waals surface area contributed by atoms with Crippen LogP contribution in [0.2, 0.25) is 0 Å². The lowest BCUT2D eigenvalue weighted by Gasteiger charge is -2.11. The number of fused-ring (bicyclic) bond motifs is 1. The van der Waals surface area contributed by atoms with Crippen LogP contribution in [0.15, 0.2) is 71.9 Å². The van der Waals surface area contributed by atoms with Crippen LogP contribution >= 0.6 is 0 Å². The predicted octanol–water partition coefficient (Wildman–Crippen LogP) is 3.55. The van der Waals surface area contributed by atoms with Crippen molar-refractivity contribution in [3.05, 3.63) is 101 Å². The first-order valence-corrected chi connectivity index (χ1v) is 13.6. The zero-order valence-electron chi connectivity index (χ0n) is 20.6. The predicted molar refractivity (Wildman–Crippen MR) is 145 cm³/mol. The summed E-state index contributed by atoms with van der Waals surface area (Å²) in [4.78, 5) is 21.6. The van der Waals surface area contributed by atoms with Gasteiger partial charge in [0.25, 0.3) is 0 Å². The lowest BCUT2D eigenvalue weighted by atomic mass is 10.0. The van der Waals surface area contributed by atoms with E-state index in [0.717, 1.165) is 28.1 Å². The number of H-pyrrole nitrogens is 1. The SMILES string of the molecule is Cc1cccc(/C(N)=C(/C=NCc2ccccc2)c2ccnc(-c3nc4c([nH]3)CN(S(C)(=O)=O)C4)c2)n1. The van der Waals surface area contributed by atoms with Gasteiger partial charge in [-0.25, -0.2) is 13.4 Å². The van der Waals surface area contributed by atoms with Gasteiger partial charge in [-0.05, 0) is 42.3 Å². The molecule has 0 bridgehead atoms. The Balaban J connectivity index is 1.50. The maximum Gasteiger partial charge on any atom is 0.211 e. The second-order valence-electron chi connectivity index (χ2n) is 8.92. The van der Waals surface area contributed by atoms with E-state index < -0.39 is 10.0 Å². The topological polar surface area (TPSA) is 130 Å². The summed E-state index contributed by atoms with van der Waals surface area (Å²) in [5.41, 5.74) is 13.4. The molecule has 9 nitrogen and oxygen atoms in total. The minimum absolute atomic E-state index is 0.244. The summed E-state index contributed by atoms with van der Waals surface area (Å²) < 4.78 is 25.2. The van der Waals surface area contributed by atoms with Crippen molar-refractivity contribution in [2.75, 3.05) is 6.26 Å². The number of aromatic amines is 1. The van der Waals surface area contributed by atoms with Gasteiger partial charge in [-0.2, -0.15) is 4.31 Å². The van der Waals surface area contributed by atoms with Crippen molar-refractivity contribution in [3.8, 4) is 11.5 Å². The van der Waals surface area contributed by atoms with Crippen LogP contribution in [0, 0.1) is 6.92 Å². The molecule has 1 aromatic carbocycles. The molecule has 3 aromatic heterocycles. The highest BCUT2D eigenvalue weighted by molar-refractivity contribution is 7.88. The van der Waals surface area contributed by atoms with Gasteiger partial charge in [0.05, 0.1) is 48.7 Å². The Kier molecular flexibility index (Phi) is 6.68. The van der Waals surface area contributed by atoms with Gasteiger partial charge >= 0.3 is 0 Å². The average Bonchev–Trinajstić information content (AvgIpc) is 3.47. The van der Waals surface area contributed by atoms with Gasteiger partial charge in [-0.3, -0.25) is 15.0 Å². The molecule has 3 N–H and O–H groups in total. The maximum absolute atomic E-state index is 11.9. The number of nitrogens with one attached hydrogen (secondary N) is 1. The number of nitrogens with zero attached hydrogens (tertiary/aromatic N) is 5. The molecule has 0 atom stereocenters. The van der Waals surface area contributed by atoms with Crippen LogP contribution in [0.25, 0.3) is 22.8 Å². The van der Waals surface area contributed by atoms with E-state index in [9.17, 15) is 8.42 Å². The third kappa shape index (κ3) is 5.50. The number of imidazole rings is 1. The van der Waals surface area contributed by atoms with Crippen molar-refractivity contribution < 1.29 is 8.42 Å². The molecule has 5 rings (SSSR count). The summed E-state index contributed by atoms with van der Waals surface area (Å²) in [6, 6.07) is 19.5. The number of pyridine rings is 2. The Labute approximate surface area is 215 Å². The fourth-order valence-corrected chi connectivity index (χ4v) is 4.87.